The summed E-state index contributed by atoms with van der Waals surface area (Å²) in [6.07, 6.45) is 3.83. The Morgan fingerprint density at radius 2 is 2.00 bits per heavy atom. The number of likely N-dealkylation sites (tertiary alicyclic amines) is 1. The van der Waals surface area contributed by atoms with E-state index in [0.717, 1.165) is 11.1 Å². The highest BCUT2D eigenvalue weighted by Crippen LogP contribution is 2.30. The molecule has 1 aliphatic rings. The third kappa shape index (κ3) is 5.52. The van der Waals surface area contributed by atoms with Gasteiger partial charge in [0, 0.05) is 30.2 Å². The second-order valence-electron chi connectivity index (χ2n) is 9.30. The second-order valence-corrected chi connectivity index (χ2v) is 9.74. The number of aliphatic hydroxyl groups is 1. The number of carbonyl (C=O) groups excluding carboxylic acids is 1. The van der Waals surface area contributed by atoms with E-state index in [9.17, 15) is 24.6 Å². The molecule has 0 spiro atoms. The van der Waals surface area contributed by atoms with Crippen molar-refractivity contribution in [2.24, 2.45) is 7.05 Å². The number of aromatic nitrogens is 4. The number of hydrogen-bond donors (Lipinski definition) is 3. The average molecular weight is 529 g/mol. The van der Waals surface area contributed by atoms with Crippen molar-refractivity contribution in [3.63, 3.8) is 0 Å². The van der Waals surface area contributed by atoms with Gasteiger partial charge in [-0.3, -0.25) is 14.3 Å². The fraction of sp³-hybridized carbons (Fsp3) is 0.400. The van der Waals surface area contributed by atoms with Crippen LogP contribution >= 0.6 is 11.6 Å². The number of halogens is 1. The molecule has 2 amide bonds. The van der Waals surface area contributed by atoms with Gasteiger partial charge in [0.05, 0.1) is 30.2 Å². The molecular formula is C25H29ClN6O5. The van der Waals surface area contributed by atoms with Crippen LogP contribution in [0, 0.1) is 0 Å². The predicted molar refractivity (Wildman–Crippen MR) is 137 cm³/mol. The lowest BCUT2D eigenvalue weighted by Crippen LogP contribution is -2.61. The van der Waals surface area contributed by atoms with Crippen LogP contribution in [-0.4, -0.2) is 71.4 Å². The van der Waals surface area contributed by atoms with Crippen LogP contribution in [0.3, 0.4) is 0 Å². The Morgan fingerprint density at radius 3 is 2.59 bits per heavy atom. The molecule has 0 bridgehead atoms. The second kappa shape index (κ2) is 10.7. The molecule has 0 saturated carbocycles. The topological polar surface area (TPSA) is 143 Å². The van der Waals surface area contributed by atoms with Gasteiger partial charge in [0.2, 0.25) is 0 Å². The van der Waals surface area contributed by atoms with Crippen LogP contribution in [0.25, 0.3) is 16.9 Å². The molecule has 11 nitrogen and oxygen atoms in total. The van der Waals surface area contributed by atoms with Gasteiger partial charge in [0.15, 0.2) is 0 Å². The number of amides is 2. The maximum atomic E-state index is 13.6. The first-order valence-electron chi connectivity index (χ1n) is 12.0. The molecule has 2 atom stereocenters. The number of aryl methyl sites for hydroxylation is 1. The molecule has 196 valence electrons. The molecule has 0 aliphatic carbocycles. The molecule has 3 N–H and O–H groups in total. The zero-order valence-corrected chi connectivity index (χ0v) is 21.4. The third-order valence-electron chi connectivity index (χ3n) is 6.68. The van der Waals surface area contributed by atoms with Gasteiger partial charge in [-0.05, 0) is 37.5 Å². The van der Waals surface area contributed by atoms with E-state index in [4.69, 9.17) is 11.6 Å². The number of hydrogen-bond acceptors (Lipinski definition) is 6. The van der Waals surface area contributed by atoms with Crippen LogP contribution in [-0.2, 0) is 7.05 Å². The molecule has 2 aromatic heterocycles. The first-order chi connectivity index (χ1) is 17.7. The summed E-state index contributed by atoms with van der Waals surface area (Å²) in [4.78, 5) is 40.1. The largest absolute Gasteiger partial charge is 0.465 e. The van der Waals surface area contributed by atoms with Crippen LogP contribution in [0.1, 0.15) is 43.0 Å². The molecule has 37 heavy (non-hydrogen) atoms. The van der Waals surface area contributed by atoms with Crippen molar-refractivity contribution >= 4 is 23.6 Å². The minimum atomic E-state index is -1.07. The molecule has 1 aromatic carbocycles. The van der Waals surface area contributed by atoms with Gasteiger partial charge in [-0.1, -0.05) is 37.1 Å². The lowest BCUT2D eigenvalue weighted by atomic mass is 9.82. The zero-order chi connectivity index (χ0) is 26.7. The Kier molecular flexibility index (Phi) is 7.65. The van der Waals surface area contributed by atoms with Crippen molar-refractivity contribution in [3.05, 3.63) is 63.7 Å². The van der Waals surface area contributed by atoms with Gasteiger partial charge in [-0.2, -0.15) is 14.9 Å². The number of nitrogens with one attached hydrogen (secondary N) is 1. The van der Waals surface area contributed by atoms with E-state index in [1.807, 2.05) is 6.92 Å². The molecule has 3 aromatic rings. The van der Waals surface area contributed by atoms with E-state index in [1.165, 1.54) is 21.8 Å². The molecule has 4 rings (SSSR count). The highest BCUT2D eigenvalue weighted by atomic mass is 35.5. The maximum absolute atomic E-state index is 13.6. The summed E-state index contributed by atoms with van der Waals surface area (Å²) in [5.74, 6) is -0.673. The summed E-state index contributed by atoms with van der Waals surface area (Å²) >= 11 is 6.03. The molecule has 2 unspecified atom stereocenters. The standard InChI is InChI=1S/C25H29ClN6O5/c1-3-4-18-12-25(15-33,9-10-31(18)24(36)37)28-22(34)20-11-21(16-5-7-17(26)8-6-16)29-32(23(20)35)19-13-27-30(2)14-19/h5-8,11,13-14,18,33H,3-4,9-10,12,15H2,1-2H3,(H,28,34)(H,36,37). The van der Waals surface area contributed by atoms with Crippen molar-refractivity contribution in [2.45, 2.75) is 44.2 Å². The van der Waals surface area contributed by atoms with Crippen LogP contribution in [0.15, 0.2) is 47.5 Å². The number of nitrogens with zero attached hydrogens (tertiary/aromatic N) is 5. The number of benzene rings is 1. The van der Waals surface area contributed by atoms with Gasteiger partial charge in [-0.25, -0.2) is 4.79 Å². The number of carboxylic acid groups (broad SMARTS) is 1. The number of carbonyl (C=O) groups is 2. The normalized spacial score (nSPS) is 19.6. The maximum Gasteiger partial charge on any atom is 0.407 e. The minimum Gasteiger partial charge on any atom is -0.465 e. The van der Waals surface area contributed by atoms with Gasteiger partial charge < -0.3 is 20.4 Å². The van der Waals surface area contributed by atoms with E-state index >= 15 is 0 Å². The highest BCUT2D eigenvalue weighted by molar-refractivity contribution is 6.30. The van der Waals surface area contributed by atoms with Crippen molar-refractivity contribution in [2.75, 3.05) is 13.2 Å². The number of aliphatic hydroxyl groups excluding tert-OH is 1. The van der Waals surface area contributed by atoms with Crippen molar-refractivity contribution in [1.29, 1.82) is 0 Å². The quantitative estimate of drug-likeness (QED) is 0.428. The van der Waals surface area contributed by atoms with Gasteiger partial charge >= 0.3 is 6.09 Å². The van der Waals surface area contributed by atoms with Crippen LogP contribution < -0.4 is 10.9 Å². The summed E-state index contributed by atoms with van der Waals surface area (Å²) in [7, 11) is 1.70. The van der Waals surface area contributed by atoms with E-state index in [1.54, 1.807) is 37.5 Å². The van der Waals surface area contributed by atoms with Crippen molar-refractivity contribution in [3.8, 4) is 16.9 Å². The number of piperidine rings is 1. The molecule has 3 heterocycles. The lowest BCUT2D eigenvalue weighted by Gasteiger charge is -2.45. The molecule has 12 heteroatoms. The van der Waals surface area contributed by atoms with Crippen LogP contribution in [0.4, 0.5) is 4.79 Å². The smallest absolute Gasteiger partial charge is 0.407 e. The first kappa shape index (κ1) is 26.4. The average Bonchev–Trinajstić information content (AvgIpc) is 3.30. The van der Waals surface area contributed by atoms with E-state index in [0.29, 0.717) is 28.4 Å². The Labute approximate surface area is 218 Å². The summed E-state index contributed by atoms with van der Waals surface area (Å²) in [6, 6.07) is 7.88. The van der Waals surface area contributed by atoms with Crippen LogP contribution in [0.2, 0.25) is 5.02 Å². The Balaban J connectivity index is 1.73. The Bertz CT molecular complexity index is 1350. The van der Waals surface area contributed by atoms with Gasteiger partial charge in [0.1, 0.15) is 11.3 Å². The van der Waals surface area contributed by atoms with E-state index in [2.05, 4.69) is 15.5 Å². The highest BCUT2D eigenvalue weighted by Gasteiger charge is 2.42. The summed E-state index contributed by atoms with van der Waals surface area (Å²) in [5.41, 5.74) is -0.489. The van der Waals surface area contributed by atoms with E-state index in [-0.39, 0.29) is 31.0 Å². The third-order valence-corrected chi connectivity index (χ3v) is 6.93. The van der Waals surface area contributed by atoms with E-state index < -0.39 is 29.7 Å². The monoisotopic (exact) mass is 528 g/mol. The zero-order valence-electron chi connectivity index (χ0n) is 20.6. The van der Waals surface area contributed by atoms with Crippen molar-refractivity contribution in [1.82, 2.24) is 29.8 Å². The summed E-state index contributed by atoms with van der Waals surface area (Å²) in [6.45, 7) is 1.72. The Morgan fingerprint density at radius 1 is 1.27 bits per heavy atom. The summed E-state index contributed by atoms with van der Waals surface area (Å²) in [5, 5.41) is 31.8. The molecule has 1 aliphatic heterocycles. The molecule has 1 saturated heterocycles. The minimum absolute atomic E-state index is 0.160. The predicted octanol–water partition coefficient (Wildman–Crippen LogP) is 2.69. The fourth-order valence-electron chi connectivity index (χ4n) is 4.74. The summed E-state index contributed by atoms with van der Waals surface area (Å²) < 4.78 is 2.63. The van der Waals surface area contributed by atoms with Crippen LogP contribution in [0.5, 0.6) is 0 Å². The SMILES string of the molecule is CCCC1CC(CO)(NC(=O)c2cc(-c3ccc(Cl)cc3)nn(-c3cnn(C)c3)c2=O)CCN1C(=O)O. The lowest BCUT2D eigenvalue weighted by molar-refractivity contribution is 0.0353. The number of rotatable bonds is 7. The molecular weight excluding hydrogens is 500 g/mol. The fourth-order valence-corrected chi connectivity index (χ4v) is 4.87. The molecule has 1 fully saturated rings. The van der Waals surface area contributed by atoms with Crippen molar-refractivity contribution < 1.29 is 19.8 Å². The van der Waals surface area contributed by atoms with Gasteiger partial charge in [-0.15, -0.1) is 0 Å². The van der Waals surface area contributed by atoms with Gasteiger partial charge in [0.25, 0.3) is 11.5 Å². The first-order valence-corrected chi connectivity index (χ1v) is 12.4. The molecule has 0 radical (unpaired) electrons. The Hall–Kier alpha value is -3.70.